The largest absolute Gasteiger partial charge is 0.349 e. The zero-order valence-corrected chi connectivity index (χ0v) is 16.9. The molecule has 0 saturated heterocycles. The summed E-state index contributed by atoms with van der Waals surface area (Å²) in [4.78, 5) is 27.4. The molecule has 2 unspecified atom stereocenters. The molecule has 0 fully saturated rings. The van der Waals surface area contributed by atoms with Crippen molar-refractivity contribution in [3.8, 4) is 11.1 Å². The number of nitrogens with one attached hydrogen (secondary N) is 2. The second-order valence-electron chi connectivity index (χ2n) is 7.55. The first-order chi connectivity index (χ1) is 13.6. The highest BCUT2D eigenvalue weighted by molar-refractivity contribution is 5.78. The smallest absolute Gasteiger partial charge is 0.220 e. The number of pyridine rings is 1. The van der Waals surface area contributed by atoms with Gasteiger partial charge >= 0.3 is 0 Å². The number of hydrogen-bond acceptors (Lipinski definition) is 3. The molecule has 1 heterocycles. The fraction of sp³-hybridized carbons (Fsp3) is 0.435. The van der Waals surface area contributed by atoms with Gasteiger partial charge in [0.2, 0.25) is 12.3 Å². The Morgan fingerprint density at radius 2 is 2.11 bits per heavy atom. The number of amides is 2. The van der Waals surface area contributed by atoms with Gasteiger partial charge < -0.3 is 10.6 Å². The van der Waals surface area contributed by atoms with Crippen LogP contribution in [0, 0.1) is 5.92 Å². The van der Waals surface area contributed by atoms with E-state index in [0.29, 0.717) is 12.3 Å². The van der Waals surface area contributed by atoms with Crippen LogP contribution in [-0.2, 0) is 22.4 Å². The van der Waals surface area contributed by atoms with Gasteiger partial charge in [-0.2, -0.15) is 0 Å². The lowest BCUT2D eigenvalue weighted by molar-refractivity contribution is -0.122. The number of benzene rings is 1. The van der Waals surface area contributed by atoms with E-state index in [1.807, 2.05) is 31.5 Å². The van der Waals surface area contributed by atoms with E-state index in [1.54, 1.807) is 0 Å². The third kappa shape index (κ3) is 4.08. The van der Waals surface area contributed by atoms with Crippen molar-refractivity contribution in [1.29, 1.82) is 0 Å². The highest BCUT2D eigenvalue weighted by atomic mass is 16.1. The lowest BCUT2D eigenvalue weighted by Gasteiger charge is -2.33. The van der Waals surface area contributed by atoms with Gasteiger partial charge in [-0.3, -0.25) is 14.6 Å². The van der Waals surface area contributed by atoms with E-state index < -0.39 is 0 Å². The molecule has 1 aromatic heterocycles. The molecule has 0 saturated carbocycles. The lowest BCUT2D eigenvalue weighted by Crippen LogP contribution is -2.35. The molecule has 2 aromatic rings. The Morgan fingerprint density at radius 3 is 2.82 bits per heavy atom. The van der Waals surface area contributed by atoms with Crippen molar-refractivity contribution in [1.82, 2.24) is 10.3 Å². The Morgan fingerprint density at radius 1 is 1.29 bits per heavy atom. The highest BCUT2D eigenvalue weighted by Crippen LogP contribution is 2.39. The predicted octanol–water partition coefficient (Wildman–Crippen LogP) is 4.42. The molecule has 5 heteroatoms. The predicted molar refractivity (Wildman–Crippen MR) is 112 cm³/mol. The summed E-state index contributed by atoms with van der Waals surface area (Å²) in [7, 11) is 0. The average Bonchev–Trinajstić information content (AvgIpc) is 2.71. The number of anilines is 1. The van der Waals surface area contributed by atoms with Gasteiger partial charge in [0, 0.05) is 30.1 Å². The van der Waals surface area contributed by atoms with E-state index in [-0.39, 0.29) is 11.9 Å². The van der Waals surface area contributed by atoms with Crippen LogP contribution >= 0.6 is 0 Å². The number of carbonyl (C=O) groups excluding carboxylic acids is 2. The van der Waals surface area contributed by atoms with Crippen LogP contribution < -0.4 is 10.6 Å². The van der Waals surface area contributed by atoms with Crippen LogP contribution in [0.25, 0.3) is 11.1 Å². The van der Waals surface area contributed by atoms with Gasteiger partial charge in [0.15, 0.2) is 0 Å². The summed E-state index contributed by atoms with van der Waals surface area (Å²) in [6.07, 6.45) is 8.95. The Hall–Kier alpha value is -2.69. The second-order valence-corrected chi connectivity index (χ2v) is 7.55. The molecule has 1 aliphatic rings. The number of aryl methyl sites for hydroxylation is 1. The van der Waals surface area contributed by atoms with Gasteiger partial charge in [-0.05, 0) is 59.6 Å². The first kappa shape index (κ1) is 20.1. The van der Waals surface area contributed by atoms with Gasteiger partial charge in [-0.15, -0.1) is 0 Å². The van der Waals surface area contributed by atoms with E-state index >= 15 is 0 Å². The zero-order chi connectivity index (χ0) is 20.1. The first-order valence-electron chi connectivity index (χ1n) is 10.2. The highest BCUT2D eigenvalue weighted by Gasteiger charge is 2.29. The molecule has 0 radical (unpaired) electrons. The van der Waals surface area contributed by atoms with E-state index in [9.17, 15) is 9.59 Å². The normalized spacial score (nSPS) is 18.2. The minimum absolute atomic E-state index is 0.00904. The summed E-state index contributed by atoms with van der Waals surface area (Å²) >= 11 is 0. The van der Waals surface area contributed by atoms with Gasteiger partial charge in [0.05, 0.1) is 6.04 Å². The summed E-state index contributed by atoms with van der Waals surface area (Å²) in [5.74, 6) is 0.458. The maximum absolute atomic E-state index is 12.0. The topological polar surface area (TPSA) is 71.1 Å². The third-order valence-corrected chi connectivity index (χ3v) is 5.63. The SMILES string of the molecule is CCCc1cc(-c2cncc3c2CCC(C)C3NC(=O)CC)ccc1NC=O. The van der Waals surface area contributed by atoms with Crippen molar-refractivity contribution in [2.45, 2.75) is 58.9 Å². The van der Waals surface area contributed by atoms with Crippen molar-refractivity contribution >= 4 is 18.0 Å². The minimum Gasteiger partial charge on any atom is -0.349 e. The molecular formula is C23H29N3O2. The van der Waals surface area contributed by atoms with Crippen molar-refractivity contribution in [3.05, 3.63) is 47.3 Å². The summed E-state index contributed by atoms with van der Waals surface area (Å²) in [6, 6.07) is 6.18. The molecule has 1 aliphatic carbocycles. The molecule has 2 atom stereocenters. The third-order valence-electron chi connectivity index (χ3n) is 5.63. The average molecular weight is 380 g/mol. The van der Waals surface area contributed by atoms with Crippen LogP contribution in [0.15, 0.2) is 30.6 Å². The number of hydrogen-bond donors (Lipinski definition) is 2. The molecule has 5 nitrogen and oxygen atoms in total. The molecule has 0 aliphatic heterocycles. The van der Waals surface area contributed by atoms with Crippen molar-refractivity contribution < 1.29 is 9.59 Å². The number of carbonyl (C=O) groups is 2. The van der Waals surface area contributed by atoms with Gasteiger partial charge in [0.1, 0.15) is 0 Å². The zero-order valence-electron chi connectivity index (χ0n) is 16.9. The molecule has 148 valence electrons. The number of rotatable bonds is 7. The monoisotopic (exact) mass is 379 g/mol. The molecule has 0 bridgehead atoms. The number of fused-ring (bicyclic) bond motifs is 1. The number of aromatic nitrogens is 1. The first-order valence-corrected chi connectivity index (χ1v) is 10.2. The van der Waals surface area contributed by atoms with Gasteiger partial charge in [-0.1, -0.05) is 33.3 Å². The Balaban J connectivity index is 2.04. The summed E-state index contributed by atoms with van der Waals surface area (Å²) in [6.45, 7) is 6.20. The maximum atomic E-state index is 12.0. The quantitative estimate of drug-likeness (QED) is 0.700. The van der Waals surface area contributed by atoms with Crippen molar-refractivity contribution in [2.24, 2.45) is 5.92 Å². The molecule has 0 spiro atoms. The molecule has 2 amide bonds. The summed E-state index contributed by atoms with van der Waals surface area (Å²) in [5.41, 5.74) is 6.62. The lowest BCUT2D eigenvalue weighted by atomic mass is 9.79. The molecule has 3 rings (SSSR count). The Bertz CT molecular complexity index is 863. The molecule has 1 aromatic carbocycles. The Labute approximate surface area is 167 Å². The van der Waals surface area contributed by atoms with Crippen LogP contribution in [0.4, 0.5) is 5.69 Å². The number of nitrogens with zero attached hydrogens (tertiary/aromatic N) is 1. The van der Waals surface area contributed by atoms with E-state index in [0.717, 1.165) is 60.0 Å². The van der Waals surface area contributed by atoms with Gasteiger partial charge in [0.25, 0.3) is 0 Å². The van der Waals surface area contributed by atoms with Crippen molar-refractivity contribution in [3.63, 3.8) is 0 Å². The fourth-order valence-electron chi connectivity index (χ4n) is 4.08. The van der Waals surface area contributed by atoms with E-state index in [4.69, 9.17) is 0 Å². The minimum atomic E-state index is 0.00904. The van der Waals surface area contributed by atoms with Crippen LogP contribution in [-0.4, -0.2) is 17.3 Å². The van der Waals surface area contributed by atoms with Crippen molar-refractivity contribution in [2.75, 3.05) is 5.32 Å². The molecular weight excluding hydrogens is 350 g/mol. The van der Waals surface area contributed by atoms with Crippen LogP contribution in [0.2, 0.25) is 0 Å². The van der Waals surface area contributed by atoms with Gasteiger partial charge in [-0.25, -0.2) is 0 Å². The second kappa shape index (κ2) is 9.00. The standard InChI is InChI=1S/C23H29N3O2/c1-4-6-17-11-16(8-10-21(17)25-14-27)19-12-24-13-20-18(19)9-7-15(3)23(20)26-22(28)5-2/h8,10-15,23H,4-7,9H2,1-3H3,(H,25,27)(H,26,28). The summed E-state index contributed by atoms with van der Waals surface area (Å²) in [5, 5.41) is 5.98. The van der Waals surface area contributed by atoms with E-state index in [1.165, 1.54) is 5.56 Å². The fourth-order valence-corrected chi connectivity index (χ4v) is 4.08. The van der Waals surface area contributed by atoms with Crippen LogP contribution in [0.1, 0.15) is 62.8 Å². The molecule has 2 N–H and O–H groups in total. The van der Waals surface area contributed by atoms with Crippen LogP contribution in [0.3, 0.4) is 0 Å². The van der Waals surface area contributed by atoms with Crippen LogP contribution in [0.5, 0.6) is 0 Å². The Kier molecular flexibility index (Phi) is 6.45. The molecule has 28 heavy (non-hydrogen) atoms. The van der Waals surface area contributed by atoms with E-state index in [2.05, 4.69) is 35.5 Å². The summed E-state index contributed by atoms with van der Waals surface area (Å²) < 4.78 is 0. The maximum Gasteiger partial charge on any atom is 0.220 e.